The van der Waals surface area contributed by atoms with Gasteiger partial charge in [0.2, 0.25) is 5.91 Å². The zero-order valence-corrected chi connectivity index (χ0v) is 15.1. The lowest BCUT2D eigenvalue weighted by atomic mass is 9.86. The number of hydrogen-bond donors (Lipinski definition) is 1. The third-order valence-corrected chi connectivity index (χ3v) is 3.45. The first-order chi connectivity index (χ1) is 11.6. The summed E-state index contributed by atoms with van der Waals surface area (Å²) in [6.45, 7) is 6.89. The Morgan fingerprint density at radius 1 is 1.12 bits per heavy atom. The van der Waals surface area contributed by atoms with Gasteiger partial charge in [0, 0.05) is 6.42 Å². The highest BCUT2D eigenvalue weighted by Gasteiger charge is 2.47. The van der Waals surface area contributed by atoms with Crippen LogP contribution in [0.3, 0.4) is 0 Å². The van der Waals surface area contributed by atoms with Crippen molar-refractivity contribution in [3.05, 3.63) is 24.3 Å². The normalized spacial score (nSPS) is 13.2. The molecular formula is C18H26F3NO3. The second kappa shape index (κ2) is 8.97. The van der Waals surface area contributed by atoms with Crippen LogP contribution >= 0.6 is 0 Å². The zero-order valence-electron chi connectivity index (χ0n) is 15.1. The van der Waals surface area contributed by atoms with Crippen molar-refractivity contribution in [1.29, 1.82) is 0 Å². The van der Waals surface area contributed by atoms with Crippen molar-refractivity contribution in [3.8, 4) is 11.5 Å². The molecule has 0 aliphatic heterocycles. The fourth-order valence-electron chi connectivity index (χ4n) is 2.28. The van der Waals surface area contributed by atoms with Gasteiger partial charge in [-0.2, -0.15) is 13.2 Å². The van der Waals surface area contributed by atoms with Gasteiger partial charge in [-0.3, -0.25) is 4.79 Å². The molecule has 0 radical (unpaired) electrons. The topological polar surface area (TPSA) is 47.6 Å². The summed E-state index contributed by atoms with van der Waals surface area (Å²) in [7, 11) is 0. The monoisotopic (exact) mass is 361 g/mol. The summed E-state index contributed by atoms with van der Waals surface area (Å²) in [5.41, 5.74) is -1.11. The van der Waals surface area contributed by atoms with Crippen molar-refractivity contribution < 1.29 is 27.4 Å². The Morgan fingerprint density at radius 3 is 2.16 bits per heavy atom. The zero-order chi connectivity index (χ0) is 19.1. The number of para-hydroxylation sites is 2. The van der Waals surface area contributed by atoms with Gasteiger partial charge >= 0.3 is 6.18 Å². The molecule has 0 spiro atoms. The lowest BCUT2D eigenvalue weighted by Gasteiger charge is -2.33. The smallest absolute Gasteiger partial charge is 0.409 e. The predicted molar refractivity (Wildman–Crippen MR) is 89.8 cm³/mol. The van der Waals surface area contributed by atoms with Crippen molar-refractivity contribution in [2.45, 2.75) is 52.8 Å². The van der Waals surface area contributed by atoms with Gasteiger partial charge in [0.1, 0.15) is 6.04 Å². The van der Waals surface area contributed by atoms with E-state index in [2.05, 4.69) is 5.32 Å². The van der Waals surface area contributed by atoms with E-state index in [9.17, 15) is 18.0 Å². The van der Waals surface area contributed by atoms with Gasteiger partial charge in [0.25, 0.3) is 0 Å². The Balaban J connectivity index is 2.47. The van der Waals surface area contributed by atoms with E-state index in [1.807, 2.05) is 13.0 Å². The highest BCUT2D eigenvalue weighted by Crippen LogP contribution is 2.33. The first kappa shape index (κ1) is 21.1. The summed E-state index contributed by atoms with van der Waals surface area (Å²) in [6, 6.07) is 5.23. The Morgan fingerprint density at radius 2 is 1.68 bits per heavy atom. The van der Waals surface area contributed by atoms with Crippen LogP contribution in [0.5, 0.6) is 11.5 Å². The second-order valence-corrected chi connectivity index (χ2v) is 6.74. The summed E-state index contributed by atoms with van der Waals surface area (Å²) < 4.78 is 50.1. The lowest BCUT2D eigenvalue weighted by molar-refractivity contribution is -0.181. The molecule has 1 rings (SSSR count). The third-order valence-electron chi connectivity index (χ3n) is 3.45. The molecule has 0 fully saturated rings. The molecule has 0 saturated carbocycles. The first-order valence-electron chi connectivity index (χ1n) is 8.26. The summed E-state index contributed by atoms with van der Waals surface area (Å²) in [5.74, 6) is 0.505. The molecule has 0 aliphatic carbocycles. The van der Waals surface area contributed by atoms with E-state index in [-0.39, 0.29) is 13.0 Å². The number of amides is 1. The van der Waals surface area contributed by atoms with E-state index < -0.39 is 23.5 Å². The van der Waals surface area contributed by atoms with Crippen LogP contribution in [0.4, 0.5) is 13.2 Å². The van der Waals surface area contributed by atoms with Crippen molar-refractivity contribution in [2.24, 2.45) is 5.41 Å². The molecular weight excluding hydrogens is 335 g/mol. The van der Waals surface area contributed by atoms with E-state index in [0.717, 1.165) is 0 Å². The number of halogens is 3. The van der Waals surface area contributed by atoms with Crippen molar-refractivity contribution >= 4 is 5.91 Å². The van der Waals surface area contributed by atoms with Crippen LogP contribution in [0.15, 0.2) is 24.3 Å². The summed E-state index contributed by atoms with van der Waals surface area (Å²) in [4.78, 5) is 11.8. The molecule has 7 heteroatoms. The lowest BCUT2D eigenvalue weighted by Crippen LogP contribution is -2.53. The average molecular weight is 361 g/mol. The van der Waals surface area contributed by atoms with E-state index >= 15 is 0 Å². The Hall–Kier alpha value is -1.92. The van der Waals surface area contributed by atoms with Crippen LogP contribution in [0, 0.1) is 5.41 Å². The molecule has 0 saturated heterocycles. The number of carbonyl (C=O) groups is 1. The number of rotatable bonds is 8. The molecule has 0 aromatic heterocycles. The van der Waals surface area contributed by atoms with E-state index in [1.54, 1.807) is 18.2 Å². The van der Waals surface area contributed by atoms with Gasteiger partial charge in [-0.15, -0.1) is 0 Å². The molecule has 0 bridgehead atoms. The molecule has 0 aliphatic rings. The van der Waals surface area contributed by atoms with E-state index in [4.69, 9.17) is 9.47 Å². The highest BCUT2D eigenvalue weighted by atomic mass is 19.4. The second-order valence-electron chi connectivity index (χ2n) is 6.74. The Bertz CT molecular complexity index is 539. The molecule has 1 N–H and O–H groups in total. The maximum Gasteiger partial charge on any atom is 0.409 e. The maximum absolute atomic E-state index is 13.0. The largest absolute Gasteiger partial charge is 0.490 e. The maximum atomic E-state index is 13.0. The fourth-order valence-corrected chi connectivity index (χ4v) is 2.28. The van der Waals surface area contributed by atoms with Crippen LogP contribution in [-0.2, 0) is 4.79 Å². The highest BCUT2D eigenvalue weighted by molar-refractivity contribution is 5.76. The summed E-state index contributed by atoms with van der Waals surface area (Å²) in [6.07, 6.45) is -4.22. The van der Waals surface area contributed by atoms with E-state index in [1.165, 1.54) is 20.8 Å². The Kier molecular flexibility index (Phi) is 7.58. The molecule has 1 atom stereocenters. The standard InChI is InChI=1S/C18H26F3NO3/c1-5-24-13-9-6-7-10-14(13)25-12-8-11-15(23)22-16(17(2,3)4)18(19,20)21/h6-7,9-10,16H,5,8,11-12H2,1-4H3,(H,22,23)/t16-/m1/s1. The molecule has 142 valence electrons. The molecule has 1 amide bonds. The van der Waals surface area contributed by atoms with Crippen LogP contribution in [0.2, 0.25) is 0 Å². The number of ether oxygens (including phenoxy) is 2. The van der Waals surface area contributed by atoms with Crippen LogP contribution in [0.25, 0.3) is 0 Å². The first-order valence-corrected chi connectivity index (χ1v) is 8.26. The SMILES string of the molecule is CCOc1ccccc1OCCCC(=O)N[C@H](C(C)(C)C)C(F)(F)F. The minimum atomic E-state index is -4.49. The minimum absolute atomic E-state index is 0.0422. The van der Waals surface area contributed by atoms with Gasteiger partial charge < -0.3 is 14.8 Å². The number of nitrogens with one attached hydrogen (secondary N) is 1. The van der Waals surface area contributed by atoms with E-state index in [0.29, 0.717) is 24.5 Å². The molecule has 0 unspecified atom stereocenters. The molecule has 25 heavy (non-hydrogen) atoms. The summed E-state index contributed by atoms with van der Waals surface area (Å²) in [5, 5.41) is 2.08. The van der Waals surface area contributed by atoms with Crippen molar-refractivity contribution in [3.63, 3.8) is 0 Å². The fraction of sp³-hybridized carbons (Fsp3) is 0.611. The van der Waals surface area contributed by atoms with Gasteiger partial charge in [-0.25, -0.2) is 0 Å². The number of carbonyl (C=O) groups excluding carboxylic acids is 1. The van der Waals surface area contributed by atoms with Gasteiger partial charge in [0.15, 0.2) is 11.5 Å². The number of hydrogen-bond acceptors (Lipinski definition) is 3. The number of benzene rings is 1. The van der Waals surface area contributed by atoms with Gasteiger partial charge in [-0.05, 0) is 30.9 Å². The van der Waals surface area contributed by atoms with Crippen molar-refractivity contribution in [1.82, 2.24) is 5.32 Å². The molecule has 1 aromatic carbocycles. The minimum Gasteiger partial charge on any atom is -0.490 e. The number of alkyl halides is 3. The molecule has 0 heterocycles. The van der Waals surface area contributed by atoms with Crippen LogP contribution in [-0.4, -0.2) is 31.3 Å². The quantitative estimate of drug-likeness (QED) is 0.701. The molecule has 1 aromatic rings. The van der Waals surface area contributed by atoms with Gasteiger partial charge in [-0.1, -0.05) is 32.9 Å². The van der Waals surface area contributed by atoms with Crippen LogP contribution in [0.1, 0.15) is 40.5 Å². The third kappa shape index (κ3) is 7.23. The van der Waals surface area contributed by atoms with Gasteiger partial charge in [0.05, 0.1) is 13.2 Å². The van der Waals surface area contributed by atoms with Crippen LogP contribution < -0.4 is 14.8 Å². The van der Waals surface area contributed by atoms with Crippen molar-refractivity contribution in [2.75, 3.05) is 13.2 Å². The average Bonchev–Trinajstić information content (AvgIpc) is 2.49. The Labute approximate surface area is 146 Å². The predicted octanol–water partition coefficient (Wildman–Crippen LogP) is 4.34. The summed E-state index contributed by atoms with van der Waals surface area (Å²) >= 11 is 0. The molecule has 4 nitrogen and oxygen atoms in total.